The third-order valence-electron chi connectivity index (χ3n) is 3.07. The van der Waals surface area contributed by atoms with E-state index in [1.165, 1.54) is 12.8 Å². The number of hydrogen-bond acceptors (Lipinski definition) is 3. The van der Waals surface area contributed by atoms with E-state index in [2.05, 4.69) is 5.32 Å². The van der Waals surface area contributed by atoms with Crippen LogP contribution in [0.1, 0.15) is 25.5 Å². The van der Waals surface area contributed by atoms with Crippen LogP contribution in [0.2, 0.25) is 0 Å². The van der Waals surface area contributed by atoms with Crippen molar-refractivity contribution in [2.24, 2.45) is 5.92 Å². The fourth-order valence-electron chi connectivity index (χ4n) is 1.78. The highest BCUT2D eigenvalue weighted by atomic mass is 16.3. The summed E-state index contributed by atoms with van der Waals surface area (Å²) in [5.41, 5.74) is 0. The lowest BCUT2D eigenvalue weighted by molar-refractivity contribution is -0.130. The van der Waals surface area contributed by atoms with Gasteiger partial charge in [-0.2, -0.15) is 0 Å². The van der Waals surface area contributed by atoms with Crippen LogP contribution in [0, 0.1) is 5.92 Å². The molecule has 0 saturated heterocycles. The molecule has 0 unspecified atom stereocenters. The van der Waals surface area contributed by atoms with Crippen molar-refractivity contribution in [1.82, 2.24) is 10.2 Å². The van der Waals surface area contributed by atoms with Gasteiger partial charge in [-0.05, 0) is 44.4 Å². The number of hydrogen-bond donors (Lipinski definition) is 1. The number of carbonyl (C=O) groups is 1. The second-order valence-corrected chi connectivity index (χ2v) is 4.56. The molecule has 2 rings (SSSR count). The van der Waals surface area contributed by atoms with E-state index in [0.29, 0.717) is 19.6 Å². The van der Waals surface area contributed by atoms with Crippen molar-refractivity contribution in [2.75, 3.05) is 19.6 Å². The van der Waals surface area contributed by atoms with Gasteiger partial charge in [0.25, 0.3) is 0 Å². The van der Waals surface area contributed by atoms with Gasteiger partial charge in [-0.3, -0.25) is 4.79 Å². The van der Waals surface area contributed by atoms with Crippen LogP contribution in [0.5, 0.6) is 0 Å². The number of nitrogens with one attached hydrogen (secondary N) is 1. The number of rotatable bonds is 7. The fourth-order valence-corrected chi connectivity index (χ4v) is 1.78. The highest BCUT2D eigenvalue weighted by Crippen LogP contribution is 2.27. The number of likely N-dealkylation sites (N-methyl/N-ethyl adjacent to an activating group) is 1. The first kappa shape index (κ1) is 12.2. The van der Waals surface area contributed by atoms with Gasteiger partial charge in [0.05, 0.1) is 19.4 Å². The summed E-state index contributed by atoms with van der Waals surface area (Å²) in [5, 5.41) is 3.22. The molecule has 94 valence electrons. The molecule has 0 bridgehead atoms. The van der Waals surface area contributed by atoms with Crippen LogP contribution in [0.15, 0.2) is 22.8 Å². The molecular weight excluding hydrogens is 216 g/mol. The zero-order valence-electron chi connectivity index (χ0n) is 10.3. The molecular formula is C13H20N2O2. The average Bonchev–Trinajstić information content (AvgIpc) is 3.01. The largest absolute Gasteiger partial charge is 0.467 e. The monoisotopic (exact) mass is 236 g/mol. The maximum absolute atomic E-state index is 11.9. The smallest absolute Gasteiger partial charge is 0.236 e. The molecule has 4 heteroatoms. The van der Waals surface area contributed by atoms with Crippen molar-refractivity contribution in [2.45, 2.75) is 26.3 Å². The molecule has 0 atom stereocenters. The molecule has 1 aliphatic rings. The zero-order chi connectivity index (χ0) is 12.1. The standard InChI is InChI=1S/C13H20N2O2/c1-2-15(10-12-4-3-7-17-12)13(16)9-14-8-11-5-6-11/h3-4,7,11,14H,2,5-6,8-10H2,1H3. The summed E-state index contributed by atoms with van der Waals surface area (Å²) in [6.45, 7) is 4.68. The summed E-state index contributed by atoms with van der Waals surface area (Å²) >= 11 is 0. The van der Waals surface area contributed by atoms with Gasteiger partial charge in [0.2, 0.25) is 5.91 Å². The van der Waals surface area contributed by atoms with Gasteiger partial charge in [-0.1, -0.05) is 0 Å². The Balaban J connectivity index is 1.73. The Morgan fingerprint density at radius 3 is 3.00 bits per heavy atom. The molecule has 0 radical (unpaired) electrons. The van der Waals surface area contributed by atoms with Crippen LogP contribution < -0.4 is 5.32 Å². The molecule has 1 amide bonds. The second kappa shape index (κ2) is 5.87. The Labute approximate surface area is 102 Å². The summed E-state index contributed by atoms with van der Waals surface area (Å²) in [5.74, 6) is 1.79. The maximum Gasteiger partial charge on any atom is 0.236 e. The first-order valence-corrected chi connectivity index (χ1v) is 6.30. The Kier molecular flexibility index (Phi) is 4.20. The van der Waals surface area contributed by atoms with Crippen molar-refractivity contribution in [3.8, 4) is 0 Å². The van der Waals surface area contributed by atoms with Crippen molar-refractivity contribution in [3.63, 3.8) is 0 Å². The fraction of sp³-hybridized carbons (Fsp3) is 0.615. The Morgan fingerprint density at radius 2 is 2.41 bits per heavy atom. The molecule has 1 aromatic heterocycles. The first-order chi connectivity index (χ1) is 8.29. The highest BCUT2D eigenvalue weighted by Gasteiger charge is 2.21. The van der Waals surface area contributed by atoms with Gasteiger partial charge < -0.3 is 14.6 Å². The maximum atomic E-state index is 11.9. The molecule has 1 saturated carbocycles. The normalized spacial score (nSPS) is 14.9. The van der Waals surface area contributed by atoms with Gasteiger partial charge in [-0.15, -0.1) is 0 Å². The Bertz CT molecular complexity index is 344. The first-order valence-electron chi connectivity index (χ1n) is 6.30. The van der Waals surface area contributed by atoms with E-state index in [4.69, 9.17) is 4.42 Å². The van der Waals surface area contributed by atoms with Crippen molar-refractivity contribution >= 4 is 5.91 Å². The molecule has 1 aliphatic carbocycles. The molecule has 1 aromatic rings. The van der Waals surface area contributed by atoms with Crippen molar-refractivity contribution in [3.05, 3.63) is 24.2 Å². The average molecular weight is 236 g/mol. The lowest BCUT2D eigenvalue weighted by Crippen LogP contribution is -2.38. The summed E-state index contributed by atoms with van der Waals surface area (Å²) in [6.07, 6.45) is 4.26. The van der Waals surface area contributed by atoms with Crippen LogP contribution in [0.3, 0.4) is 0 Å². The van der Waals surface area contributed by atoms with Crippen LogP contribution in [-0.2, 0) is 11.3 Å². The highest BCUT2D eigenvalue weighted by molar-refractivity contribution is 5.78. The molecule has 1 heterocycles. The summed E-state index contributed by atoms with van der Waals surface area (Å²) < 4.78 is 5.25. The topological polar surface area (TPSA) is 45.5 Å². The van der Waals surface area contributed by atoms with Gasteiger partial charge in [0, 0.05) is 6.54 Å². The number of amides is 1. The number of nitrogens with zero attached hydrogens (tertiary/aromatic N) is 1. The molecule has 0 aromatic carbocycles. The molecule has 4 nitrogen and oxygen atoms in total. The SMILES string of the molecule is CCN(Cc1ccco1)C(=O)CNCC1CC1. The molecule has 0 aliphatic heterocycles. The summed E-state index contributed by atoms with van der Waals surface area (Å²) in [4.78, 5) is 13.7. The van der Waals surface area contributed by atoms with Gasteiger partial charge in [0.1, 0.15) is 5.76 Å². The zero-order valence-corrected chi connectivity index (χ0v) is 10.3. The van der Waals surface area contributed by atoms with Crippen LogP contribution in [0.25, 0.3) is 0 Å². The number of furan rings is 1. The van der Waals surface area contributed by atoms with Crippen LogP contribution in [-0.4, -0.2) is 30.4 Å². The summed E-state index contributed by atoms with van der Waals surface area (Å²) in [7, 11) is 0. The summed E-state index contributed by atoms with van der Waals surface area (Å²) in [6, 6.07) is 3.74. The molecule has 17 heavy (non-hydrogen) atoms. The second-order valence-electron chi connectivity index (χ2n) is 4.56. The van der Waals surface area contributed by atoms with E-state index in [1.54, 1.807) is 11.2 Å². The minimum Gasteiger partial charge on any atom is -0.467 e. The van der Waals surface area contributed by atoms with Gasteiger partial charge in [-0.25, -0.2) is 0 Å². The third-order valence-corrected chi connectivity index (χ3v) is 3.07. The van der Waals surface area contributed by atoms with E-state index >= 15 is 0 Å². The van der Waals surface area contributed by atoms with E-state index in [1.807, 2.05) is 19.1 Å². The minimum atomic E-state index is 0.143. The molecule has 0 spiro atoms. The predicted octanol–water partition coefficient (Wildman–Crippen LogP) is 1.63. The van der Waals surface area contributed by atoms with Gasteiger partial charge >= 0.3 is 0 Å². The van der Waals surface area contributed by atoms with Crippen molar-refractivity contribution in [1.29, 1.82) is 0 Å². The molecule has 1 N–H and O–H groups in total. The van der Waals surface area contributed by atoms with Crippen LogP contribution >= 0.6 is 0 Å². The minimum absolute atomic E-state index is 0.143. The molecule has 1 fully saturated rings. The number of carbonyl (C=O) groups excluding carboxylic acids is 1. The van der Waals surface area contributed by atoms with E-state index in [9.17, 15) is 4.79 Å². The third kappa shape index (κ3) is 3.89. The van der Waals surface area contributed by atoms with Crippen molar-refractivity contribution < 1.29 is 9.21 Å². The lowest BCUT2D eigenvalue weighted by Gasteiger charge is -2.19. The predicted molar refractivity (Wildman–Crippen MR) is 65.4 cm³/mol. The van der Waals surface area contributed by atoms with E-state index < -0.39 is 0 Å². The van der Waals surface area contributed by atoms with E-state index in [0.717, 1.165) is 18.2 Å². The Hall–Kier alpha value is -1.29. The Morgan fingerprint density at radius 1 is 1.59 bits per heavy atom. The van der Waals surface area contributed by atoms with Crippen LogP contribution in [0.4, 0.5) is 0 Å². The lowest BCUT2D eigenvalue weighted by atomic mass is 10.3. The quantitative estimate of drug-likeness (QED) is 0.782. The van der Waals surface area contributed by atoms with E-state index in [-0.39, 0.29) is 5.91 Å². The van der Waals surface area contributed by atoms with Gasteiger partial charge in [0.15, 0.2) is 0 Å².